The highest BCUT2D eigenvalue weighted by Gasteiger charge is 2.34. The van der Waals surface area contributed by atoms with Crippen LogP contribution in [0.5, 0.6) is 0 Å². The fourth-order valence-corrected chi connectivity index (χ4v) is 3.12. The van der Waals surface area contributed by atoms with Crippen molar-refractivity contribution in [2.75, 3.05) is 10.8 Å². The predicted octanol–water partition coefficient (Wildman–Crippen LogP) is 3.57. The standard InChI is InChI=1S/C20H14N2O3/c21-15-10-11-16(22(25)12-6-2-1-3-7-12)18-17(15)19(23)13-8-4-5-9-14(13)20(18)24/h1-11,25H,21H2. The van der Waals surface area contributed by atoms with Crippen LogP contribution in [0.15, 0.2) is 66.7 Å². The summed E-state index contributed by atoms with van der Waals surface area (Å²) in [5, 5.41) is 11.5. The van der Waals surface area contributed by atoms with Gasteiger partial charge in [0.2, 0.25) is 0 Å². The fourth-order valence-electron chi connectivity index (χ4n) is 3.12. The van der Waals surface area contributed by atoms with Crippen LogP contribution in [0.1, 0.15) is 31.8 Å². The first kappa shape index (κ1) is 15.1. The molecule has 0 radical (unpaired) electrons. The Bertz CT molecular complexity index is 1010. The van der Waals surface area contributed by atoms with Crippen LogP contribution in [0.4, 0.5) is 17.1 Å². The molecule has 0 bridgehead atoms. The van der Waals surface area contributed by atoms with E-state index >= 15 is 0 Å². The Morgan fingerprint density at radius 2 is 1.28 bits per heavy atom. The molecule has 0 unspecified atom stereocenters. The Hall–Kier alpha value is -3.44. The summed E-state index contributed by atoms with van der Waals surface area (Å²) in [7, 11) is 0. The number of rotatable bonds is 2. The number of ketones is 2. The molecule has 3 aromatic carbocycles. The van der Waals surface area contributed by atoms with Crippen LogP contribution in [-0.4, -0.2) is 16.8 Å². The number of nitrogens with two attached hydrogens (primary N) is 1. The molecule has 0 amide bonds. The van der Waals surface area contributed by atoms with E-state index in [1.807, 2.05) is 6.07 Å². The van der Waals surface area contributed by atoms with Gasteiger partial charge in [-0.2, -0.15) is 0 Å². The molecule has 1 aliphatic carbocycles. The highest BCUT2D eigenvalue weighted by molar-refractivity contribution is 6.31. The summed E-state index contributed by atoms with van der Waals surface area (Å²) in [6.07, 6.45) is 0. The lowest BCUT2D eigenvalue weighted by molar-refractivity contribution is 0.0979. The second-order valence-electron chi connectivity index (χ2n) is 5.78. The lowest BCUT2D eigenvalue weighted by Crippen LogP contribution is -2.25. The molecule has 0 fully saturated rings. The number of carbonyl (C=O) groups excluding carboxylic acids is 2. The van der Waals surface area contributed by atoms with Gasteiger partial charge in [-0.3, -0.25) is 14.8 Å². The molecule has 0 aromatic heterocycles. The SMILES string of the molecule is Nc1ccc(N(O)c2ccccc2)c2c1C(=O)c1ccccc1C2=O. The normalized spacial score (nSPS) is 12.5. The highest BCUT2D eigenvalue weighted by Crippen LogP contribution is 2.38. The van der Waals surface area contributed by atoms with Gasteiger partial charge >= 0.3 is 0 Å². The van der Waals surface area contributed by atoms with Crippen molar-refractivity contribution in [3.05, 3.63) is 89.0 Å². The van der Waals surface area contributed by atoms with Gasteiger partial charge in [0.25, 0.3) is 0 Å². The molecule has 0 spiro atoms. The second kappa shape index (κ2) is 5.58. The van der Waals surface area contributed by atoms with Crippen LogP contribution in [0.25, 0.3) is 0 Å². The monoisotopic (exact) mass is 330 g/mol. The average Bonchev–Trinajstić information content (AvgIpc) is 2.66. The minimum absolute atomic E-state index is 0.120. The molecule has 0 saturated heterocycles. The summed E-state index contributed by atoms with van der Waals surface area (Å²) in [4.78, 5) is 25.9. The maximum absolute atomic E-state index is 13.0. The van der Waals surface area contributed by atoms with Crippen molar-refractivity contribution in [1.29, 1.82) is 0 Å². The number of para-hydroxylation sites is 1. The molecule has 0 heterocycles. The minimum atomic E-state index is -0.331. The number of anilines is 3. The summed E-state index contributed by atoms with van der Waals surface area (Å²) in [5.74, 6) is -0.645. The molecule has 3 aromatic rings. The number of hydrogen-bond acceptors (Lipinski definition) is 5. The number of carbonyl (C=O) groups is 2. The van der Waals surface area contributed by atoms with E-state index in [0.717, 1.165) is 5.06 Å². The first-order valence-corrected chi connectivity index (χ1v) is 7.74. The van der Waals surface area contributed by atoms with E-state index < -0.39 is 0 Å². The van der Waals surface area contributed by atoms with Gasteiger partial charge < -0.3 is 5.73 Å². The molecule has 3 N–H and O–H groups in total. The quantitative estimate of drug-likeness (QED) is 0.433. The molecule has 0 atom stereocenters. The molecule has 5 nitrogen and oxygen atoms in total. The molecular formula is C20H14N2O3. The first-order valence-electron chi connectivity index (χ1n) is 7.74. The van der Waals surface area contributed by atoms with E-state index in [1.165, 1.54) is 6.07 Å². The smallest absolute Gasteiger partial charge is 0.196 e. The molecule has 1 aliphatic rings. The first-order chi connectivity index (χ1) is 12.1. The molecule has 25 heavy (non-hydrogen) atoms. The summed E-state index contributed by atoms with van der Waals surface area (Å²) in [6.45, 7) is 0. The van der Waals surface area contributed by atoms with E-state index in [-0.39, 0.29) is 34.1 Å². The third-order valence-electron chi connectivity index (χ3n) is 4.31. The Morgan fingerprint density at radius 1 is 0.720 bits per heavy atom. The summed E-state index contributed by atoms with van der Waals surface area (Å²) in [5.41, 5.74) is 7.80. The van der Waals surface area contributed by atoms with E-state index in [0.29, 0.717) is 16.8 Å². The lowest BCUT2D eigenvalue weighted by atomic mass is 9.82. The van der Waals surface area contributed by atoms with E-state index in [2.05, 4.69) is 0 Å². The summed E-state index contributed by atoms with van der Waals surface area (Å²) >= 11 is 0. The lowest BCUT2D eigenvalue weighted by Gasteiger charge is -2.25. The number of nitrogens with zero attached hydrogens (tertiary/aromatic N) is 1. The van der Waals surface area contributed by atoms with Crippen LogP contribution >= 0.6 is 0 Å². The van der Waals surface area contributed by atoms with Gasteiger partial charge in [-0.25, -0.2) is 5.06 Å². The van der Waals surface area contributed by atoms with Crippen molar-refractivity contribution in [3.63, 3.8) is 0 Å². The van der Waals surface area contributed by atoms with Crippen LogP contribution in [-0.2, 0) is 0 Å². The second-order valence-corrected chi connectivity index (χ2v) is 5.78. The fraction of sp³-hybridized carbons (Fsp3) is 0. The zero-order valence-electron chi connectivity index (χ0n) is 13.1. The molecule has 0 aliphatic heterocycles. The Balaban J connectivity index is 1.96. The van der Waals surface area contributed by atoms with Gasteiger partial charge in [-0.15, -0.1) is 0 Å². The molecule has 4 rings (SSSR count). The average molecular weight is 330 g/mol. The van der Waals surface area contributed by atoms with Crippen LogP contribution in [0.3, 0.4) is 0 Å². The topological polar surface area (TPSA) is 83.6 Å². The maximum Gasteiger partial charge on any atom is 0.196 e. The largest absolute Gasteiger partial charge is 0.398 e. The van der Waals surface area contributed by atoms with Crippen molar-refractivity contribution in [2.24, 2.45) is 0 Å². The van der Waals surface area contributed by atoms with E-state index in [4.69, 9.17) is 5.73 Å². The third-order valence-corrected chi connectivity index (χ3v) is 4.31. The predicted molar refractivity (Wildman–Crippen MR) is 94.5 cm³/mol. The minimum Gasteiger partial charge on any atom is -0.398 e. The Kier molecular flexibility index (Phi) is 3.37. The summed E-state index contributed by atoms with van der Waals surface area (Å²) < 4.78 is 0. The molecule has 122 valence electrons. The van der Waals surface area contributed by atoms with Gasteiger partial charge in [-0.05, 0) is 24.3 Å². The maximum atomic E-state index is 13.0. The number of benzene rings is 3. The molecule has 5 heteroatoms. The van der Waals surface area contributed by atoms with Gasteiger partial charge in [0, 0.05) is 16.8 Å². The van der Waals surface area contributed by atoms with Crippen LogP contribution in [0.2, 0.25) is 0 Å². The van der Waals surface area contributed by atoms with Crippen molar-refractivity contribution in [2.45, 2.75) is 0 Å². The van der Waals surface area contributed by atoms with Gasteiger partial charge in [-0.1, -0.05) is 42.5 Å². The van der Waals surface area contributed by atoms with Crippen molar-refractivity contribution in [3.8, 4) is 0 Å². The zero-order chi connectivity index (χ0) is 17.6. The number of hydrogen-bond donors (Lipinski definition) is 2. The molecular weight excluding hydrogens is 316 g/mol. The van der Waals surface area contributed by atoms with Crippen LogP contribution in [0, 0.1) is 0 Å². The van der Waals surface area contributed by atoms with Crippen molar-refractivity contribution in [1.82, 2.24) is 0 Å². The van der Waals surface area contributed by atoms with E-state index in [9.17, 15) is 14.8 Å². The van der Waals surface area contributed by atoms with Gasteiger partial charge in [0.1, 0.15) is 0 Å². The van der Waals surface area contributed by atoms with Crippen molar-refractivity contribution >= 4 is 28.6 Å². The van der Waals surface area contributed by atoms with E-state index in [1.54, 1.807) is 54.6 Å². The Labute approximate surface area is 143 Å². The number of fused-ring (bicyclic) bond motifs is 2. The Morgan fingerprint density at radius 3 is 1.92 bits per heavy atom. The van der Waals surface area contributed by atoms with Crippen LogP contribution < -0.4 is 10.8 Å². The molecule has 0 saturated carbocycles. The van der Waals surface area contributed by atoms with Crippen molar-refractivity contribution < 1.29 is 14.8 Å². The highest BCUT2D eigenvalue weighted by atomic mass is 16.5. The number of nitrogen functional groups attached to an aromatic ring is 1. The van der Waals surface area contributed by atoms with Gasteiger partial charge in [0.15, 0.2) is 11.6 Å². The summed E-state index contributed by atoms with van der Waals surface area (Å²) in [6, 6.07) is 18.5. The van der Waals surface area contributed by atoms with Gasteiger partial charge in [0.05, 0.1) is 22.5 Å². The zero-order valence-corrected chi connectivity index (χ0v) is 13.1. The third kappa shape index (κ3) is 2.21.